The molecule has 10 aromatic rings. The first-order valence-corrected chi connectivity index (χ1v) is 22.0. The lowest BCUT2D eigenvalue weighted by Crippen LogP contribution is -2.65. The summed E-state index contributed by atoms with van der Waals surface area (Å²) < 4.78 is 0. The summed E-state index contributed by atoms with van der Waals surface area (Å²) in [5, 5.41) is 0. The Hall–Kier alpha value is -8.48. The first-order chi connectivity index (χ1) is 32.0. The van der Waals surface area contributed by atoms with Gasteiger partial charge >= 0.3 is 0 Å². The molecular formula is C57H40B2N6. The average molecular weight is 831 g/mol. The maximum absolute atomic E-state index is 6.08. The van der Waals surface area contributed by atoms with Crippen LogP contribution in [0.25, 0.3) is 56.4 Å². The van der Waals surface area contributed by atoms with Gasteiger partial charge in [0.2, 0.25) is 13.4 Å². The highest BCUT2D eigenvalue weighted by molar-refractivity contribution is 7.02. The van der Waals surface area contributed by atoms with Crippen molar-refractivity contribution in [1.82, 2.24) is 15.0 Å². The van der Waals surface area contributed by atoms with Crippen LogP contribution >= 0.6 is 0 Å². The fourth-order valence-corrected chi connectivity index (χ4v) is 9.83. The maximum Gasteiger partial charge on any atom is 0.246 e. The van der Waals surface area contributed by atoms with E-state index in [-0.39, 0.29) is 13.4 Å². The van der Waals surface area contributed by atoms with Gasteiger partial charge in [-0.1, -0.05) is 193 Å². The zero-order valence-corrected chi connectivity index (χ0v) is 35.4. The Bertz CT molecular complexity index is 3160. The number of hydrogen-bond acceptors (Lipinski definition) is 6. The van der Waals surface area contributed by atoms with Crippen LogP contribution in [0.2, 0.25) is 0 Å². The van der Waals surface area contributed by atoms with Crippen LogP contribution in [0.3, 0.4) is 0 Å². The van der Waals surface area contributed by atoms with E-state index < -0.39 is 0 Å². The highest BCUT2D eigenvalue weighted by Crippen LogP contribution is 2.39. The van der Waals surface area contributed by atoms with Gasteiger partial charge in [-0.3, -0.25) is 0 Å². The van der Waals surface area contributed by atoms with Gasteiger partial charge in [-0.25, -0.2) is 15.0 Å². The summed E-state index contributed by atoms with van der Waals surface area (Å²) in [6, 6.07) is 77.1. The molecule has 0 saturated heterocycles. The number of nitrogen functional groups attached to an aromatic ring is 2. The lowest BCUT2D eigenvalue weighted by molar-refractivity contribution is 1.07. The largest absolute Gasteiger partial charge is 0.399 e. The van der Waals surface area contributed by atoms with Crippen molar-refractivity contribution < 1.29 is 0 Å². The second kappa shape index (κ2) is 15.7. The molecule has 0 bridgehead atoms. The van der Waals surface area contributed by atoms with Crippen molar-refractivity contribution >= 4 is 74.6 Å². The van der Waals surface area contributed by atoms with E-state index in [1.165, 1.54) is 49.8 Å². The molecule has 2 aliphatic heterocycles. The number of rotatable bonds is 7. The van der Waals surface area contributed by atoms with Crippen LogP contribution in [-0.4, -0.2) is 28.4 Å². The third kappa shape index (κ3) is 6.75. The van der Waals surface area contributed by atoms with E-state index >= 15 is 0 Å². The molecule has 9 aromatic carbocycles. The molecule has 0 unspecified atom stereocenters. The Morgan fingerprint density at radius 2 is 0.646 bits per heavy atom. The van der Waals surface area contributed by atoms with Crippen molar-refractivity contribution in [1.29, 1.82) is 0 Å². The minimum atomic E-state index is -0.0977. The predicted octanol–water partition coefficient (Wildman–Crippen LogP) is 8.50. The molecule has 6 nitrogen and oxygen atoms in total. The Morgan fingerprint density at radius 3 is 1.05 bits per heavy atom. The molecule has 0 spiro atoms. The first kappa shape index (κ1) is 38.2. The SMILES string of the molecule is Nc1ccc(-c2ccc(B3c4ccccc4N4c5ccccc5B(c5ccc(-c6ccc(N)cc6)cc5)c5cc(-c6nc(-c7ccccc7)nc(-c7ccccc7)n6)cc3c54)cc2)cc1. The summed E-state index contributed by atoms with van der Waals surface area (Å²) in [6.07, 6.45) is 0. The van der Waals surface area contributed by atoms with E-state index in [4.69, 9.17) is 26.4 Å². The monoisotopic (exact) mass is 830 g/mol. The van der Waals surface area contributed by atoms with Gasteiger partial charge in [-0.15, -0.1) is 0 Å². The predicted molar refractivity (Wildman–Crippen MR) is 273 cm³/mol. The quantitative estimate of drug-likeness (QED) is 0.124. The van der Waals surface area contributed by atoms with Crippen LogP contribution in [0.4, 0.5) is 28.4 Å². The van der Waals surface area contributed by atoms with Crippen molar-refractivity contribution in [3.8, 4) is 56.4 Å². The number of para-hydroxylation sites is 2. The second-order valence-corrected chi connectivity index (χ2v) is 16.8. The Balaban J connectivity index is 1.12. The van der Waals surface area contributed by atoms with E-state index in [0.717, 1.165) is 50.3 Å². The molecule has 4 N–H and O–H groups in total. The Kier molecular flexibility index (Phi) is 9.23. The van der Waals surface area contributed by atoms with E-state index in [9.17, 15) is 0 Å². The zero-order valence-electron chi connectivity index (χ0n) is 35.4. The Morgan fingerprint density at radius 1 is 0.308 bits per heavy atom. The molecular weight excluding hydrogens is 790 g/mol. The van der Waals surface area contributed by atoms with Gasteiger partial charge in [0.1, 0.15) is 0 Å². The number of anilines is 5. The smallest absolute Gasteiger partial charge is 0.246 e. The Labute approximate surface area is 379 Å². The molecule has 0 saturated carbocycles. The average Bonchev–Trinajstić information content (AvgIpc) is 3.37. The van der Waals surface area contributed by atoms with Gasteiger partial charge < -0.3 is 16.4 Å². The number of nitrogens with zero attached hydrogens (tertiary/aromatic N) is 4. The molecule has 0 fully saturated rings. The van der Waals surface area contributed by atoms with Gasteiger partial charge in [0.25, 0.3) is 0 Å². The molecule has 0 atom stereocenters. The van der Waals surface area contributed by atoms with Gasteiger partial charge in [0, 0.05) is 45.1 Å². The van der Waals surface area contributed by atoms with E-state index in [1.54, 1.807) is 0 Å². The number of benzene rings is 9. The van der Waals surface area contributed by atoms with Crippen molar-refractivity contribution in [2.75, 3.05) is 16.4 Å². The molecule has 12 rings (SSSR count). The van der Waals surface area contributed by atoms with Crippen LogP contribution in [-0.2, 0) is 0 Å². The molecule has 0 radical (unpaired) electrons. The van der Waals surface area contributed by atoms with Crippen molar-refractivity contribution in [2.24, 2.45) is 0 Å². The van der Waals surface area contributed by atoms with Crippen molar-refractivity contribution in [3.63, 3.8) is 0 Å². The van der Waals surface area contributed by atoms with Gasteiger partial charge in [0.05, 0.1) is 0 Å². The molecule has 8 heteroatoms. The summed E-state index contributed by atoms with van der Waals surface area (Å²) in [7, 11) is 0. The highest BCUT2D eigenvalue weighted by Gasteiger charge is 2.43. The third-order valence-corrected chi connectivity index (χ3v) is 12.9. The fourth-order valence-electron chi connectivity index (χ4n) is 9.83. The normalized spacial score (nSPS) is 12.3. The lowest BCUT2D eigenvalue weighted by atomic mass is 9.30. The number of hydrogen-bond donors (Lipinski definition) is 2. The van der Waals surface area contributed by atoms with Gasteiger partial charge in [0.15, 0.2) is 17.5 Å². The first-order valence-electron chi connectivity index (χ1n) is 22.0. The second-order valence-electron chi connectivity index (χ2n) is 16.8. The fraction of sp³-hybridized carbons (Fsp3) is 0. The van der Waals surface area contributed by atoms with Crippen LogP contribution in [0.15, 0.2) is 218 Å². The van der Waals surface area contributed by atoms with E-state index in [1.807, 2.05) is 60.7 Å². The topological polar surface area (TPSA) is 94.0 Å². The summed E-state index contributed by atoms with van der Waals surface area (Å²) >= 11 is 0. The van der Waals surface area contributed by atoms with Crippen molar-refractivity contribution in [3.05, 3.63) is 218 Å². The summed E-state index contributed by atoms with van der Waals surface area (Å²) in [6.45, 7) is -0.195. The highest BCUT2D eigenvalue weighted by atomic mass is 15.2. The van der Waals surface area contributed by atoms with Crippen molar-refractivity contribution in [2.45, 2.75) is 0 Å². The number of aromatic nitrogens is 3. The molecule has 2 aliphatic rings. The minimum Gasteiger partial charge on any atom is -0.399 e. The summed E-state index contributed by atoms with van der Waals surface area (Å²) in [5.41, 5.74) is 31.7. The van der Waals surface area contributed by atoms with Crippen LogP contribution in [0.5, 0.6) is 0 Å². The summed E-state index contributed by atoms with van der Waals surface area (Å²) in [5.74, 6) is 1.88. The van der Waals surface area contributed by atoms with Crippen LogP contribution < -0.4 is 49.1 Å². The maximum atomic E-state index is 6.08. The molecule has 1 aromatic heterocycles. The summed E-state index contributed by atoms with van der Waals surface area (Å²) in [4.78, 5) is 18.2. The lowest BCUT2D eigenvalue weighted by Gasteiger charge is -2.44. The van der Waals surface area contributed by atoms with Crippen LogP contribution in [0, 0.1) is 0 Å². The van der Waals surface area contributed by atoms with Gasteiger partial charge in [-0.2, -0.15) is 0 Å². The van der Waals surface area contributed by atoms with Gasteiger partial charge in [-0.05, 0) is 80.5 Å². The minimum absolute atomic E-state index is 0.0977. The third-order valence-electron chi connectivity index (χ3n) is 12.9. The molecule has 65 heavy (non-hydrogen) atoms. The molecule has 3 heterocycles. The molecule has 0 amide bonds. The number of nitrogens with two attached hydrogens (primary N) is 2. The van der Waals surface area contributed by atoms with E-state index in [2.05, 4.69) is 163 Å². The molecule has 304 valence electrons. The molecule has 0 aliphatic carbocycles. The van der Waals surface area contributed by atoms with E-state index in [0.29, 0.717) is 17.5 Å². The standard InChI is InChI=1S/C57H40B2N6/c60-46-31-23-39(24-32-46)37-19-27-44(28-20-37)58-48-15-7-9-17-52(48)65-53-18-10-8-16-49(53)59(45-29-21-38(22-30-45)40-25-33-47(61)34-26-40)51-36-43(35-50(58)54(51)65)57-63-55(41-11-3-1-4-12-41)62-56(64-57)42-13-5-2-6-14-42/h1-36H,60-61H2. The zero-order chi connectivity index (χ0) is 43.4. The number of fused-ring (bicyclic) bond motifs is 4. The van der Waals surface area contributed by atoms with Crippen LogP contribution in [0.1, 0.15) is 0 Å².